The first-order chi connectivity index (χ1) is 13.2. The highest BCUT2D eigenvalue weighted by Gasteiger charge is 2.16. The van der Waals surface area contributed by atoms with Crippen LogP contribution in [-0.2, 0) is 14.3 Å². The van der Waals surface area contributed by atoms with E-state index in [0.717, 1.165) is 25.7 Å². The van der Waals surface area contributed by atoms with E-state index < -0.39 is 11.7 Å². The van der Waals surface area contributed by atoms with Gasteiger partial charge >= 0.3 is 6.09 Å². The predicted octanol–water partition coefficient (Wildman–Crippen LogP) is 3.98. The van der Waals surface area contributed by atoms with Gasteiger partial charge in [-0.15, -0.1) is 0 Å². The molecule has 0 spiro atoms. The summed E-state index contributed by atoms with van der Waals surface area (Å²) < 4.78 is 5.07. The Morgan fingerprint density at radius 1 is 0.964 bits per heavy atom. The number of ether oxygens (including phenoxy) is 1. The fourth-order valence-electron chi connectivity index (χ4n) is 2.82. The highest BCUT2D eigenvalue weighted by molar-refractivity contribution is 6.00. The number of anilines is 2. The van der Waals surface area contributed by atoms with Gasteiger partial charge in [-0.3, -0.25) is 9.59 Å². The molecule has 1 aromatic rings. The third-order valence-corrected chi connectivity index (χ3v) is 4.06. The molecule has 152 valence electrons. The summed E-state index contributed by atoms with van der Waals surface area (Å²) >= 11 is 0. The lowest BCUT2D eigenvalue weighted by atomic mass is 9.94. The van der Waals surface area contributed by atoms with Crippen molar-refractivity contribution < 1.29 is 19.1 Å². The average Bonchev–Trinajstić information content (AvgIpc) is 2.61. The SMILES string of the molecule is CC(C)(C)OC(=O)NCC(=O)Nc1ccc(NC(=O)C=C2CCCCC2)cc1. The first-order valence-corrected chi connectivity index (χ1v) is 9.58. The summed E-state index contributed by atoms with van der Waals surface area (Å²) in [7, 11) is 0. The Bertz CT molecular complexity index is 725. The number of amides is 3. The molecule has 3 N–H and O–H groups in total. The number of carbonyl (C=O) groups is 3. The van der Waals surface area contributed by atoms with Crippen molar-refractivity contribution in [2.24, 2.45) is 0 Å². The zero-order valence-electron chi connectivity index (χ0n) is 16.8. The Labute approximate surface area is 165 Å². The van der Waals surface area contributed by atoms with Gasteiger partial charge in [0.15, 0.2) is 0 Å². The molecule has 1 aliphatic carbocycles. The Hall–Kier alpha value is -2.83. The van der Waals surface area contributed by atoms with Crippen LogP contribution in [0, 0.1) is 0 Å². The van der Waals surface area contributed by atoms with Crippen molar-refractivity contribution in [3.8, 4) is 0 Å². The number of allylic oxidation sites excluding steroid dienone is 1. The quantitative estimate of drug-likeness (QED) is 0.666. The van der Waals surface area contributed by atoms with Gasteiger partial charge in [-0.25, -0.2) is 4.79 Å². The van der Waals surface area contributed by atoms with E-state index in [-0.39, 0.29) is 18.4 Å². The molecule has 7 heteroatoms. The lowest BCUT2D eigenvalue weighted by Gasteiger charge is -2.19. The summed E-state index contributed by atoms with van der Waals surface area (Å²) in [6.45, 7) is 5.05. The summed E-state index contributed by atoms with van der Waals surface area (Å²) in [5.74, 6) is -0.500. The number of nitrogens with one attached hydrogen (secondary N) is 3. The van der Waals surface area contributed by atoms with Crippen LogP contribution >= 0.6 is 0 Å². The Kier molecular flexibility index (Phi) is 7.61. The van der Waals surface area contributed by atoms with Gasteiger partial charge < -0.3 is 20.7 Å². The van der Waals surface area contributed by atoms with Crippen LogP contribution in [0.3, 0.4) is 0 Å². The Balaban J connectivity index is 1.78. The van der Waals surface area contributed by atoms with E-state index in [0.29, 0.717) is 11.4 Å². The van der Waals surface area contributed by atoms with Crippen LogP contribution in [0.2, 0.25) is 0 Å². The second kappa shape index (κ2) is 9.92. The van der Waals surface area contributed by atoms with E-state index in [1.807, 2.05) is 0 Å². The predicted molar refractivity (Wildman–Crippen MR) is 109 cm³/mol. The normalized spacial score (nSPS) is 14.0. The van der Waals surface area contributed by atoms with Crippen molar-refractivity contribution in [3.63, 3.8) is 0 Å². The van der Waals surface area contributed by atoms with Crippen molar-refractivity contribution in [1.82, 2.24) is 5.32 Å². The van der Waals surface area contributed by atoms with E-state index in [1.54, 1.807) is 51.1 Å². The Morgan fingerprint density at radius 2 is 1.54 bits per heavy atom. The standard InChI is InChI=1S/C21H29N3O4/c1-21(2,3)28-20(27)22-14-19(26)24-17-11-9-16(10-12-17)23-18(25)13-15-7-5-4-6-8-15/h9-13H,4-8,14H2,1-3H3,(H,22,27)(H,23,25)(H,24,26). The van der Waals surface area contributed by atoms with Crippen molar-refractivity contribution in [2.75, 3.05) is 17.2 Å². The highest BCUT2D eigenvalue weighted by Crippen LogP contribution is 2.22. The van der Waals surface area contributed by atoms with Gasteiger partial charge in [-0.1, -0.05) is 12.0 Å². The number of hydrogen-bond acceptors (Lipinski definition) is 4. The smallest absolute Gasteiger partial charge is 0.408 e. The summed E-state index contributed by atoms with van der Waals surface area (Å²) in [4.78, 5) is 35.5. The fourth-order valence-corrected chi connectivity index (χ4v) is 2.82. The maximum atomic E-state index is 12.1. The molecule has 0 atom stereocenters. The molecule has 0 heterocycles. The third-order valence-electron chi connectivity index (χ3n) is 4.06. The summed E-state index contributed by atoms with van der Waals surface area (Å²) in [6.07, 6.45) is 6.57. The van der Waals surface area contributed by atoms with Gasteiger partial charge in [0.1, 0.15) is 12.1 Å². The first kappa shape index (κ1) is 21.5. The molecule has 7 nitrogen and oxygen atoms in total. The van der Waals surface area contributed by atoms with Gasteiger partial charge in [-0.2, -0.15) is 0 Å². The van der Waals surface area contributed by atoms with Crippen LogP contribution in [0.4, 0.5) is 16.2 Å². The molecule has 28 heavy (non-hydrogen) atoms. The minimum absolute atomic E-state index is 0.129. The molecule has 0 bridgehead atoms. The maximum Gasteiger partial charge on any atom is 0.408 e. The minimum Gasteiger partial charge on any atom is -0.444 e. The van der Waals surface area contributed by atoms with Gasteiger partial charge in [0, 0.05) is 17.5 Å². The van der Waals surface area contributed by atoms with Gasteiger partial charge in [0.25, 0.3) is 0 Å². The second-order valence-electron chi connectivity index (χ2n) is 7.83. The summed E-state index contributed by atoms with van der Waals surface area (Å²) in [5.41, 5.74) is 1.81. The maximum absolute atomic E-state index is 12.1. The van der Waals surface area contributed by atoms with E-state index in [4.69, 9.17) is 4.74 Å². The zero-order chi connectivity index (χ0) is 20.6. The van der Waals surface area contributed by atoms with Crippen molar-refractivity contribution in [3.05, 3.63) is 35.9 Å². The lowest BCUT2D eigenvalue weighted by molar-refractivity contribution is -0.115. The largest absolute Gasteiger partial charge is 0.444 e. The molecule has 3 amide bonds. The molecule has 0 aromatic heterocycles. The summed E-state index contributed by atoms with van der Waals surface area (Å²) in [6, 6.07) is 6.81. The van der Waals surface area contributed by atoms with Crippen molar-refractivity contribution >= 4 is 29.3 Å². The molecule has 0 radical (unpaired) electrons. The number of benzene rings is 1. The molecule has 0 saturated heterocycles. The molecular formula is C21H29N3O4. The molecule has 0 unspecified atom stereocenters. The topological polar surface area (TPSA) is 96.5 Å². The van der Waals surface area contributed by atoms with E-state index in [9.17, 15) is 14.4 Å². The van der Waals surface area contributed by atoms with Gasteiger partial charge in [0.2, 0.25) is 11.8 Å². The van der Waals surface area contributed by atoms with E-state index in [1.165, 1.54) is 12.0 Å². The molecular weight excluding hydrogens is 358 g/mol. The van der Waals surface area contributed by atoms with Gasteiger partial charge in [-0.05, 0) is 70.7 Å². The molecule has 1 fully saturated rings. The molecule has 2 rings (SSSR count). The second-order valence-corrected chi connectivity index (χ2v) is 7.83. The van der Waals surface area contributed by atoms with Crippen LogP contribution in [0.1, 0.15) is 52.9 Å². The molecule has 1 aliphatic rings. The molecule has 1 aromatic carbocycles. The van der Waals surface area contributed by atoms with E-state index in [2.05, 4.69) is 16.0 Å². The number of rotatable bonds is 5. The monoisotopic (exact) mass is 387 g/mol. The Morgan fingerprint density at radius 3 is 2.11 bits per heavy atom. The molecule has 0 aliphatic heterocycles. The summed E-state index contributed by atoms with van der Waals surface area (Å²) in [5, 5.41) is 7.90. The van der Waals surface area contributed by atoms with Crippen LogP contribution in [-0.4, -0.2) is 30.1 Å². The number of hydrogen-bond donors (Lipinski definition) is 3. The van der Waals surface area contributed by atoms with Crippen LogP contribution in [0.25, 0.3) is 0 Å². The fraction of sp³-hybridized carbons (Fsp3) is 0.476. The van der Waals surface area contributed by atoms with Crippen LogP contribution in [0.15, 0.2) is 35.9 Å². The number of carbonyl (C=O) groups excluding carboxylic acids is 3. The number of alkyl carbamates (subject to hydrolysis) is 1. The van der Waals surface area contributed by atoms with Crippen LogP contribution < -0.4 is 16.0 Å². The average molecular weight is 387 g/mol. The van der Waals surface area contributed by atoms with E-state index >= 15 is 0 Å². The van der Waals surface area contributed by atoms with Crippen LogP contribution in [0.5, 0.6) is 0 Å². The van der Waals surface area contributed by atoms with Crippen molar-refractivity contribution in [2.45, 2.75) is 58.5 Å². The first-order valence-electron chi connectivity index (χ1n) is 9.58. The highest BCUT2D eigenvalue weighted by atomic mass is 16.6. The van der Waals surface area contributed by atoms with Gasteiger partial charge in [0.05, 0.1) is 0 Å². The lowest BCUT2D eigenvalue weighted by Crippen LogP contribution is -2.37. The molecule has 1 saturated carbocycles. The van der Waals surface area contributed by atoms with Crippen molar-refractivity contribution in [1.29, 1.82) is 0 Å². The third kappa shape index (κ3) is 8.24. The minimum atomic E-state index is -0.646. The zero-order valence-corrected chi connectivity index (χ0v) is 16.8.